The summed E-state index contributed by atoms with van der Waals surface area (Å²) in [4.78, 5) is 26.6. The van der Waals surface area contributed by atoms with Crippen molar-refractivity contribution in [3.8, 4) is 11.3 Å². The van der Waals surface area contributed by atoms with E-state index in [0.717, 1.165) is 29.5 Å². The van der Waals surface area contributed by atoms with Gasteiger partial charge in [0.05, 0.1) is 36.3 Å². The Morgan fingerprint density at radius 3 is 2.79 bits per heavy atom. The summed E-state index contributed by atoms with van der Waals surface area (Å²) in [7, 11) is 0. The average Bonchev–Trinajstić information content (AvgIpc) is 3.25. The fourth-order valence-electron chi connectivity index (χ4n) is 3.84. The SMILES string of the molecule is CC(C)c1cnn2ccc(-c3nc(Nc4ccc(N5CCNCC5=O)cn4)ncc3F)cc12. The smallest absolute Gasteiger partial charge is 0.241 e. The van der Waals surface area contributed by atoms with E-state index in [-0.39, 0.29) is 23.5 Å². The molecule has 1 aliphatic rings. The van der Waals surface area contributed by atoms with E-state index in [0.29, 0.717) is 24.5 Å². The Bertz CT molecular complexity index is 1320. The molecule has 0 aliphatic carbocycles. The lowest BCUT2D eigenvalue weighted by Crippen LogP contribution is -2.48. The van der Waals surface area contributed by atoms with Crippen LogP contribution in [0, 0.1) is 5.82 Å². The summed E-state index contributed by atoms with van der Waals surface area (Å²) in [6, 6.07) is 7.21. The van der Waals surface area contributed by atoms with Crippen LogP contribution in [0.2, 0.25) is 0 Å². The van der Waals surface area contributed by atoms with Gasteiger partial charge in [0.2, 0.25) is 11.9 Å². The number of rotatable bonds is 5. The molecule has 33 heavy (non-hydrogen) atoms. The summed E-state index contributed by atoms with van der Waals surface area (Å²) in [6.07, 6.45) is 6.39. The molecule has 0 aromatic carbocycles. The zero-order valence-corrected chi connectivity index (χ0v) is 18.3. The second-order valence-electron chi connectivity index (χ2n) is 8.14. The molecule has 10 heteroatoms. The Labute approximate surface area is 189 Å². The highest BCUT2D eigenvalue weighted by molar-refractivity contribution is 5.95. The third-order valence-electron chi connectivity index (χ3n) is 5.58. The minimum absolute atomic E-state index is 0.00560. The lowest BCUT2D eigenvalue weighted by atomic mass is 10.0. The first kappa shape index (κ1) is 21.0. The minimum Gasteiger partial charge on any atom is -0.309 e. The lowest BCUT2D eigenvalue weighted by molar-refractivity contribution is -0.118. The van der Waals surface area contributed by atoms with Gasteiger partial charge in [-0.05, 0) is 30.2 Å². The molecule has 5 rings (SSSR count). The predicted molar refractivity (Wildman–Crippen MR) is 123 cm³/mol. The molecule has 0 unspecified atom stereocenters. The summed E-state index contributed by atoms with van der Waals surface area (Å²) >= 11 is 0. The van der Waals surface area contributed by atoms with Crippen molar-refractivity contribution in [3.05, 3.63) is 60.4 Å². The van der Waals surface area contributed by atoms with Crippen LogP contribution in [0.3, 0.4) is 0 Å². The van der Waals surface area contributed by atoms with Crippen LogP contribution in [0.15, 0.2) is 49.1 Å². The highest BCUT2D eigenvalue weighted by Crippen LogP contribution is 2.27. The number of fused-ring (bicyclic) bond motifs is 1. The third kappa shape index (κ3) is 4.12. The quantitative estimate of drug-likeness (QED) is 0.486. The summed E-state index contributed by atoms with van der Waals surface area (Å²) < 4.78 is 16.4. The molecule has 4 aromatic heterocycles. The highest BCUT2D eigenvalue weighted by atomic mass is 19.1. The van der Waals surface area contributed by atoms with Gasteiger partial charge in [0.15, 0.2) is 5.82 Å². The average molecular weight is 446 g/mol. The zero-order chi connectivity index (χ0) is 22.9. The van der Waals surface area contributed by atoms with Crippen LogP contribution in [0.4, 0.5) is 21.8 Å². The first-order chi connectivity index (χ1) is 16.0. The molecule has 1 saturated heterocycles. The lowest BCUT2D eigenvalue weighted by Gasteiger charge is -2.27. The minimum atomic E-state index is -0.518. The van der Waals surface area contributed by atoms with Crippen LogP contribution in [0.25, 0.3) is 16.8 Å². The predicted octanol–water partition coefficient (Wildman–Crippen LogP) is 3.13. The Morgan fingerprint density at radius 1 is 1.15 bits per heavy atom. The van der Waals surface area contributed by atoms with Crippen molar-refractivity contribution in [2.75, 3.05) is 29.9 Å². The molecule has 0 atom stereocenters. The maximum atomic E-state index is 14.6. The Kier molecular flexibility index (Phi) is 5.43. The van der Waals surface area contributed by atoms with Gasteiger partial charge in [-0.25, -0.2) is 23.9 Å². The van der Waals surface area contributed by atoms with Crippen LogP contribution in [0.1, 0.15) is 25.3 Å². The summed E-state index contributed by atoms with van der Waals surface area (Å²) in [6.45, 7) is 5.83. The Morgan fingerprint density at radius 2 is 2.03 bits per heavy atom. The van der Waals surface area contributed by atoms with Crippen LogP contribution in [0.5, 0.6) is 0 Å². The van der Waals surface area contributed by atoms with Gasteiger partial charge in [-0.15, -0.1) is 0 Å². The maximum absolute atomic E-state index is 14.6. The molecule has 2 N–H and O–H groups in total. The number of piperazine rings is 1. The van der Waals surface area contributed by atoms with Crippen molar-refractivity contribution in [3.63, 3.8) is 0 Å². The van der Waals surface area contributed by atoms with E-state index in [9.17, 15) is 9.18 Å². The van der Waals surface area contributed by atoms with Crippen molar-refractivity contribution in [2.24, 2.45) is 0 Å². The summed E-state index contributed by atoms with van der Waals surface area (Å²) in [5, 5.41) is 10.4. The van der Waals surface area contributed by atoms with Gasteiger partial charge in [0.25, 0.3) is 0 Å². The van der Waals surface area contributed by atoms with Gasteiger partial charge in [-0.1, -0.05) is 13.8 Å². The van der Waals surface area contributed by atoms with Crippen molar-refractivity contribution >= 4 is 28.9 Å². The van der Waals surface area contributed by atoms with E-state index >= 15 is 0 Å². The van der Waals surface area contributed by atoms with E-state index in [1.54, 1.807) is 33.9 Å². The fourth-order valence-corrected chi connectivity index (χ4v) is 3.84. The zero-order valence-electron chi connectivity index (χ0n) is 18.3. The van der Waals surface area contributed by atoms with Crippen LogP contribution in [-0.2, 0) is 4.79 Å². The van der Waals surface area contributed by atoms with E-state index in [1.165, 1.54) is 0 Å². The molecule has 0 saturated carbocycles. The molecular weight excluding hydrogens is 423 g/mol. The number of anilines is 3. The monoisotopic (exact) mass is 446 g/mol. The second-order valence-corrected chi connectivity index (χ2v) is 8.14. The number of nitrogens with zero attached hydrogens (tertiary/aromatic N) is 6. The molecule has 5 heterocycles. The molecule has 1 aliphatic heterocycles. The van der Waals surface area contributed by atoms with Crippen LogP contribution >= 0.6 is 0 Å². The molecular formula is C23H23FN8O. The highest BCUT2D eigenvalue weighted by Gasteiger charge is 2.19. The van der Waals surface area contributed by atoms with Gasteiger partial charge in [0, 0.05) is 30.4 Å². The van der Waals surface area contributed by atoms with Crippen molar-refractivity contribution in [2.45, 2.75) is 19.8 Å². The Balaban J connectivity index is 1.41. The number of nitrogens with one attached hydrogen (secondary N) is 2. The van der Waals surface area contributed by atoms with Gasteiger partial charge in [0.1, 0.15) is 11.5 Å². The molecule has 1 amide bonds. The number of carbonyl (C=O) groups excluding carboxylic acids is 1. The molecule has 4 aromatic rings. The number of hydrogen-bond acceptors (Lipinski definition) is 7. The largest absolute Gasteiger partial charge is 0.309 e. The number of amides is 1. The molecule has 0 radical (unpaired) electrons. The molecule has 0 bridgehead atoms. The molecule has 9 nitrogen and oxygen atoms in total. The van der Waals surface area contributed by atoms with Gasteiger partial charge in [-0.2, -0.15) is 5.10 Å². The van der Waals surface area contributed by atoms with Crippen molar-refractivity contribution < 1.29 is 9.18 Å². The second kappa shape index (κ2) is 8.55. The van der Waals surface area contributed by atoms with E-state index in [2.05, 4.69) is 44.5 Å². The number of hydrogen-bond donors (Lipinski definition) is 2. The maximum Gasteiger partial charge on any atom is 0.241 e. The van der Waals surface area contributed by atoms with Crippen LogP contribution < -0.4 is 15.5 Å². The molecule has 168 valence electrons. The first-order valence-electron chi connectivity index (χ1n) is 10.7. The number of aromatic nitrogens is 5. The molecule has 0 spiro atoms. The first-order valence-corrected chi connectivity index (χ1v) is 10.7. The van der Waals surface area contributed by atoms with E-state index in [1.807, 2.05) is 18.3 Å². The Hall–Kier alpha value is -3.92. The number of carbonyl (C=O) groups is 1. The topological polar surface area (TPSA) is 100 Å². The van der Waals surface area contributed by atoms with Gasteiger partial charge >= 0.3 is 0 Å². The standard InChI is InChI=1S/C23H23FN8O/c1-14(2)17-11-28-32-7-5-15(9-19(17)32)22-18(24)12-27-23(30-22)29-20-4-3-16(10-26-20)31-8-6-25-13-21(31)33/h3-5,7,9-12,14,25H,6,8,13H2,1-2H3,(H,26,27,29,30). The normalized spacial score (nSPS) is 14.3. The van der Waals surface area contributed by atoms with Crippen molar-refractivity contribution in [1.29, 1.82) is 0 Å². The molecule has 1 fully saturated rings. The summed E-state index contributed by atoms with van der Waals surface area (Å²) in [5.41, 5.74) is 3.54. The number of pyridine rings is 2. The van der Waals surface area contributed by atoms with E-state index < -0.39 is 5.82 Å². The van der Waals surface area contributed by atoms with Crippen LogP contribution in [-0.4, -0.2) is 50.1 Å². The third-order valence-corrected chi connectivity index (χ3v) is 5.58. The fraction of sp³-hybridized carbons (Fsp3) is 0.261. The van der Waals surface area contributed by atoms with Gasteiger partial charge < -0.3 is 15.5 Å². The summed E-state index contributed by atoms with van der Waals surface area (Å²) in [5.74, 6) is 0.493. The van der Waals surface area contributed by atoms with E-state index in [4.69, 9.17) is 0 Å². The van der Waals surface area contributed by atoms with Gasteiger partial charge in [-0.3, -0.25) is 4.79 Å². The number of halogens is 1. The van der Waals surface area contributed by atoms with Crippen molar-refractivity contribution in [1.82, 2.24) is 29.9 Å².